The van der Waals surface area contributed by atoms with Gasteiger partial charge in [0.05, 0.1) is 12.2 Å². The van der Waals surface area contributed by atoms with Gasteiger partial charge in [-0.25, -0.2) is 4.79 Å². The molecule has 3 N–H and O–H groups in total. The molecule has 0 aromatic rings. The summed E-state index contributed by atoms with van der Waals surface area (Å²) in [6, 6.07) is 0. The first-order valence-electron chi connectivity index (χ1n) is 3.92. The molecule has 0 aliphatic carbocycles. The van der Waals surface area contributed by atoms with Gasteiger partial charge in [0, 0.05) is 6.42 Å². The first-order valence-corrected chi connectivity index (χ1v) is 3.92. The third kappa shape index (κ3) is 2.55. The van der Waals surface area contributed by atoms with E-state index in [2.05, 4.69) is 4.74 Å². The van der Waals surface area contributed by atoms with Crippen molar-refractivity contribution in [1.82, 2.24) is 0 Å². The van der Waals surface area contributed by atoms with Crippen LogP contribution in [-0.2, 0) is 9.47 Å². The van der Waals surface area contributed by atoms with Crippen LogP contribution in [0.15, 0.2) is 0 Å². The fourth-order valence-electron chi connectivity index (χ4n) is 1.22. The quantitative estimate of drug-likeness (QED) is 0.486. The summed E-state index contributed by atoms with van der Waals surface area (Å²) in [5.74, 6) is 0. The van der Waals surface area contributed by atoms with Crippen molar-refractivity contribution in [2.45, 2.75) is 37.9 Å². The molecular weight excluding hydrogens is 180 g/mol. The molecule has 13 heavy (non-hydrogen) atoms. The van der Waals surface area contributed by atoms with E-state index in [0.29, 0.717) is 0 Å². The molecule has 6 heteroatoms. The second-order valence-electron chi connectivity index (χ2n) is 2.99. The number of hydrogen-bond acceptors (Lipinski definition) is 5. The largest absolute Gasteiger partial charge is 0.508 e. The normalized spacial score (nSPS) is 39.9. The lowest BCUT2D eigenvalue weighted by Gasteiger charge is -2.34. The SMILES string of the molecule is CC1C[C@@H](O)[C@H](O)[C@@H](OC(=O)O)O1. The van der Waals surface area contributed by atoms with Crippen molar-refractivity contribution in [3.8, 4) is 0 Å². The number of aliphatic hydroxyl groups excluding tert-OH is 2. The fourth-order valence-corrected chi connectivity index (χ4v) is 1.22. The van der Waals surface area contributed by atoms with Gasteiger partial charge in [-0.2, -0.15) is 0 Å². The molecule has 0 spiro atoms. The van der Waals surface area contributed by atoms with E-state index in [0.717, 1.165) is 0 Å². The minimum absolute atomic E-state index is 0.265. The number of ether oxygens (including phenoxy) is 2. The summed E-state index contributed by atoms with van der Waals surface area (Å²) in [5, 5.41) is 26.7. The summed E-state index contributed by atoms with van der Waals surface area (Å²) in [6.45, 7) is 1.66. The van der Waals surface area contributed by atoms with Gasteiger partial charge in [-0.05, 0) is 6.92 Å². The molecule has 6 nitrogen and oxygen atoms in total. The second-order valence-corrected chi connectivity index (χ2v) is 2.99. The minimum Gasteiger partial charge on any atom is -0.450 e. The van der Waals surface area contributed by atoms with Gasteiger partial charge in [0.15, 0.2) is 0 Å². The Morgan fingerprint density at radius 1 is 1.54 bits per heavy atom. The van der Waals surface area contributed by atoms with Crippen LogP contribution < -0.4 is 0 Å². The third-order valence-corrected chi connectivity index (χ3v) is 1.83. The molecule has 4 atom stereocenters. The number of carbonyl (C=O) groups is 1. The van der Waals surface area contributed by atoms with E-state index < -0.39 is 24.7 Å². The van der Waals surface area contributed by atoms with E-state index in [1.165, 1.54) is 0 Å². The zero-order valence-electron chi connectivity index (χ0n) is 7.08. The molecule has 0 aromatic carbocycles. The first-order chi connectivity index (χ1) is 6.00. The van der Waals surface area contributed by atoms with Crippen LogP contribution in [0.5, 0.6) is 0 Å². The topological polar surface area (TPSA) is 96.2 Å². The summed E-state index contributed by atoms with van der Waals surface area (Å²) < 4.78 is 9.20. The summed E-state index contributed by atoms with van der Waals surface area (Å²) in [5.41, 5.74) is 0. The molecule has 0 radical (unpaired) electrons. The monoisotopic (exact) mass is 192 g/mol. The standard InChI is InChI=1S/C7H12O6/c1-3-2-4(8)5(9)6(12-3)13-7(10)11/h3-6,8-9H,2H2,1H3,(H,10,11)/t3?,4-,5+,6-/m1/s1. The van der Waals surface area contributed by atoms with E-state index in [9.17, 15) is 15.0 Å². The predicted molar refractivity (Wildman–Crippen MR) is 40.1 cm³/mol. The summed E-state index contributed by atoms with van der Waals surface area (Å²) >= 11 is 0. The maximum absolute atomic E-state index is 10.1. The number of carboxylic acid groups (broad SMARTS) is 1. The lowest BCUT2D eigenvalue weighted by atomic mass is 10.0. The smallest absolute Gasteiger partial charge is 0.450 e. The number of rotatable bonds is 1. The molecule has 1 unspecified atom stereocenters. The zero-order valence-corrected chi connectivity index (χ0v) is 7.08. The molecule has 0 amide bonds. The van der Waals surface area contributed by atoms with Gasteiger partial charge in [-0.1, -0.05) is 0 Å². The summed E-state index contributed by atoms with van der Waals surface area (Å²) in [4.78, 5) is 10.1. The molecule has 1 aliphatic rings. The molecule has 0 saturated carbocycles. The van der Waals surface area contributed by atoms with E-state index >= 15 is 0 Å². The third-order valence-electron chi connectivity index (χ3n) is 1.83. The molecule has 1 saturated heterocycles. The van der Waals surface area contributed by atoms with Crippen molar-refractivity contribution in [1.29, 1.82) is 0 Å². The van der Waals surface area contributed by atoms with Crippen molar-refractivity contribution in [2.75, 3.05) is 0 Å². The lowest BCUT2D eigenvalue weighted by molar-refractivity contribution is -0.245. The Kier molecular flexibility index (Phi) is 3.07. The van der Waals surface area contributed by atoms with Crippen LogP contribution in [-0.4, -0.2) is 46.1 Å². The average molecular weight is 192 g/mol. The van der Waals surface area contributed by atoms with Gasteiger partial charge >= 0.3 is 6.16 Å². The van der Waals surface area contributed by atoms with Crippen LogP contribution in [0.1, 0.15) is 13.3 Å². The van der Waals surface area contributed by atoms with Gasteiger partial charge in [0.25, 0.3) is 0 Å². The Morgan fingerprint density at radius 2 is 2.15 bits per heavy atom. The van der Waals surface area contributed by atoms with Crippen molar-refractivity contribution in [2.24, 2.45) is 0 Å². The Bertz CT molecular complexity index is 193. The van der Waals surface area contributed by atoms with Gasteiger partial charge in [-0.15, -0.1) is 0 Å². The van der Waals surface area contributed by atoms with Gasteiger partial charge in [-0.3, -0.25) is 0 Å². The van der Waals surface area contributed by atoms with Crippen LogP contribution in [0.25, 0.3) is 0 Å². The van der Waals surface area contributed by atoms with Crippen LogP contribution in [0, 0.1) is 0 Å². The number of hydrogen-bond donors (Lipinski definition) is 3. The molecule has 1 heterocycles. The second kappa shape index (κ2) is 3.91. The molecule has 1 rings (SSSR count). The predicted octanol–water partition coefficient (Wildman–Crippen LogP) is -0.462. The highest BCUT2D eigenvalue weighted by molar-refractivity contribution is 5.57. The van der Waals surface area contributed by atoms with Crippen LogP contribution in [0.4, 0.5) is 4.79 Å². The van der Waals surface area contributed by atoms with E-state index in [1.807, 2.05) is 0 Å². The lowest BCUT2D eigenvalue weighted by Crippen LogP contribution is -2.49. The van der Waals surface area contributed by atoms with Crippen molar-refractivity contribution >= 4 is 6.16 Å². The minimum atomic E-state index is -1.54. The summed E-state index contributed by atoms with van der Waals surface area (Å²) in [6.07, 6.45) is -5.22. The highest BCUT2D eigenvalue weighted by Crippen LogP contribution is 2.20. The average Bonchev–Trinajstić information content (AvgIpc) is 1.98. The molecular formula is C7H12O6. The molecule has 0 aromatic heterocycles. The Hall–Kier alpha value is -0.850. The van der Waals surface area contributed by atoms with E-state index in [4.69, 9.17) is 9.84 Å². The van der Waals surface area contributed by atoms with Gasteiger partial charge < -0.3 is 24.8 Å². The van der Waals surface area contributed by atoms with E-state index in [-0.39, 0.29) is 12.5 Å². The summed E-state index contributed by atoms with van der Waals surface area (Å²) in [7, 11) is 0. The van der Waals surface area contributed by atoms with Crippen LogP contribution in [0.3, 0.4) is 0 Å². The highest BCUT2D eigenvalue weighted by Gasteiger charge is 2.37. The molecule has 76 valence electrons. The Balaban J connectivity index is 2.55. The van der Waals surface area contributed by atoms with Crippen molar-refractivity contribution in [3.63, 3.8) is 0 Å². The highest BCUT2D eigenvalue weighted by atomic mass is 16.8. The van der Waals surface area contributed by atoms with Gasteiger partial charge in [0.2, 0.25) is 6.29 Å². The van der Waals surface area contributed by atoms with E-state index in [1.54, 1.807) is 6.92 Å². The first kappa shape index (κ1) is 10.2. The maximum atomic E-state index is 10.1. The molecule has 1 aliphatic heterocycles. The van der Waals surface area contributed by atoms with Gasteiger partial charge in [0.1, 0.15) is 6.10 Å². The fraction of sp³-hybridized carbons (Fsp3) is 0.857. The van der Waals surface area contributed by atoms with Crippen molar-refractivity contribution < 1.29 is 29.6 Å². The zero-order chi connectivity index (χ0) is 10.0. The van der Waals surface area contributed by atoms with Crippen molar-refractivity contribution in [3.05, 3.63) is 0 Å². The van der Waals surface area contributed by atoms with Crippen LogP contribution in [0.2, 0.25) is 0 Å². The molecule has 0 bridgehead atoms. The Labute approximate surface area is 74.7 Å². The van der Waals surface area contributed by atoms with Crippen LogP contribution >= 0.6 is 0 Å². The number of aliphatic hydroxyl groups is 2. The molecule has 1 fully saturated rings. The Morgan fingerprint density at radius 3 is 2.69 bits per heavy atom. The maximum Gasteiger partial charge on any atom is 0.508 e.